The van der Waals surface area contributed by atoms with Crippen molar-refractivity contribution in [3.63, 3.8) is 0 Å². The van der Waals surface area contributed by atoms with Crippen LogP contribution in [0.2, 0.25) is 10.0 Å². The average molecular weight is 370 g/mol. The quantitative estimate of drug-likeness (QED) is 0.762. The van der Waals surface area contributed by atoms with Crippen molar-refractivity contribution in [1.82, 2.24) is 14.3 Å². The molecule has 8 heteroatoms. The summed E-state index contributed by atoms with van der Waals surface area (Å²) in [5, 5.41) is 0.543. The van der Waals surface area contributed by atoms with Gasteiger partial charge in [0, 0.05) is 17.1 Å². The standard InChI is InChI=1S/C15H13Cl2N3O2S/c1-20(9-15-18-13-4-2-3-5-14(13)19-15)23(21,22)12-7-10(16)6-11(17)8-12/h2-8H,9H2,1H3,(H,18,19). The molecule has 0 atom stereocenters. The molecule has 3 rings (SSSR count). The number of imidazole rings is 1. The minimum atomic E-state index is -3.72. The second-order valence-corrected chi connectivity index (χ2v) is 7.98. The van der Waals surface area contributed by atoms with Crippen LogP contribution in [0.25, 0.3) is 11.0 Å². The van der Waals surface area contributed by atoms with Crippen LogP contribution < -0.4 is 0 Å². The van der Waals surface area contributed by atoms with Crippen LogP contribution in [0.3, 0.4) is 0 Å². The van der Waals surface area contributed by atoms with E-state index in [1.54, 1.807) is 0 Å². The van der Waals surface area contributed by atoms with Crippen molar-refractivity contribution >= 4 is 44.3 Å². The van der Waals surface area contributed by atoms with Gasteiger partial charge in [0.05, 0.1) is 22.5 Å². The summed E-state index contributed by atoms with van der Waals surface area (Å²) in [6, 6.07) is 11.7. The molecule has 0 saturated carbocycles. The molecule has 0 unspecified atom stereocenters. The van der Waals surface area contributed by atoms with Gasteiger partial charge in [0.2, 0.25) is 10.0 Å². The van der Waals surface area contributed by atoms with Gasteiger partial charge in [-0.3, -0.25) is 0 Å². The number of hydrogen-bond acceptors (Lipinski definition) is 3. The Balaban J connectivity index is 1.90. The number of hydrogen-bond donors (Lipinski definition) is 1. The molecule has 0 amide bonds. The minimum Gasteiger partial charge on any atom is -0.341 e. The van der Waals surface area contributed by atoms with Gasteiger partial charge >= 0.3 is 0 Å². The van der Waals surface area contributed by atoms with E-state index in [1.807, 2.05) is 24.3 Å². The van der Waals surface area contributed by atoms with Crippen molar-refractivity contribution < 1.29 is 8.42 Å². The molecule has 2 aromatic carbocycles. The summed E-state index contributed by atoms with van der Waals surface area (Å²) in [4.78, 5) is 7.53. The van der Waals surface area contributed by atoms with E-state index in [1.165, 1.54) is 29.6 Å². The molecule has 5 nitrogen and oxygen atoms in total. The normalized spacial score (nSPS) is 12.2. The van der Waals surface area contributed by atoms with Crippen molar-refractivity contribution in [3.05, 3.63) is 58.3 Å². The molecular weight excluding hydrogens is 357 g/mol. The molecule has 0 aliphatic carbocycles. The number of aromatic nitrogens is 2. The van der Waals surface area contributed by atoms with E-state index in [9.17, 15) is 8.42 Å². The van der Waals surface area contributed by atoms with Gasteiger partial charge in [0.15, 0.2) is 0 Å². The lowest BCUT2D eigenvalue weighted by atomic mass is 10.3. The molecule has 0 saturated heterocycles. The van der Waals surface area contributed by atoms with Crippen LogP contribution in [0.1, 0.15) is 5.82 Å². The molecule has 1 heterocycles. The molecule has 0 bridgehead atoms. The number of para-hydroxylation sites is 2. The topological polar surface area (TPSA) is 66.1 Å². The Morgan fingerprint density at radius 1 is 1.13 bits per heavy atom. The van der Waals surface area contributed by atoms with E-state index in [2.05, 4.69) is 9.97 Å². The van der Waals surface area contributed by atoms with Crippen molar-refractivity contribution in [2.45, 2.75) is 11.4 Å². The van der Waals surface area contributed by atoms with E-state index >= 15 is 0 Å². The Hall–Kier alpha value is -1.60. The fourth-order valence-corrected chi connectivity index (χ4v) is 4.09. The Morgan fingerprint density at radius 3 is 2.43 bits per heavy atom. The smallest absolute Gasteiger partial charge is 0.243 e. The van der Waals surface area contributed by atoms with Crippen molar-refractivity contribution in [2.24, 2.45) is 0 Å². The summed E-state index contributed by atoms with van der Waals surface area (Å²) in [6.45, 7) is 0.112. The number of fused-ring (bicyclic) bond motifs is 1. The molecule has 0 aliphatic heterocycles. The number of halogens is 2. The molecule has 1 aromatic heterocycles. The van der Waals surface area contributed by atoms with Crippen LogP contribution >= 0.6 is 23.2 Å². The van der Waals surface area contributed by atoms with Gasteiger partial charge in [-0.1, -0.05) is 35.3 Å². The van der Waals surface area contributed by atoms with Crippen LogP contribution in [0.5, 0.6) is 0 Å². The molecule has 0 fully saturated rings. The predicted molar refractivity (Wildman–Crippen MR) is 91.2 cm³/mol. The largest absolute Gasteiger partial charge is 0.341 e. The number of H-pyrrole nitrogens is 1. The average Bonchev–Trinajstić information content (AvgIpc) is 2.88. The second kappa shape index (κ2) is 6.13. The summed E-state index contributed by atoms with van der Waals surface area (Å²) in [5.74, 6) is 0.561. The highest BCUT2D eigenvalue weighted by atomic mass is 35.5. The molecule has 120 valence electrons. The maximum atomic E-state index is 12.6. The van der Waals surface area contributed by atoms with E-state index in [0.29, 0.717) is 5.82 Å². The first kappa shape index (κ1) is 16.3. The summed E-state index contributed by atoms with van der Waals surface area (Å²) < 4.78 is 26.4. The monoisotopic (exact) mass is 369 g/mol. The van der Waals surface area contributed by atoms with Crippen LogP contribution in [-0.2, 0) is 16.6 Å². The number of rotatable bonds is 4. The Kier molecular flexibility index (Phi) is 4.33. The maximum absolute atomic E-state index is 12.6. The SMILES string of the molecule is CN(Cc1nc2ccccc2[nH]1)S(=O)(=O)c1cc(Cl)cc(Cl)c1. The van der Waals surface area contributed by atoms with Crippen molar-refractivity contribution in [2.75, 3.05) is 7.05 Å². The summed E-state index contributed by atoms with van der Waals surface area (Å²) in [7, 11) is -2.23. The van der Waals surface area contributed by atoms with Gasteiger partial charge in [0.25, 0.3) is 0 Å². The second-order valence-electron chi connectivity index (χ2n) is 5.07. The van der Waals surface area contributed by atoms with Crippen molar-refractivity contribution in [3.8, 4) is 0 Å². The van der Waals surface area contributed by atoms with E-state index < -0.39 is 10.0 Å². The zero-order valence-corrected chi connectivity index (χ0v) is 14.5. The van der Waals surface area contributed by atoms with Gasteiger partial charge in [0.1, 0.15) is 5.82 Å². The summed E-state index contributed by atoms with van der Waals surface area (Å²) in [6.07, 6.45) is 0. The molecular formula is C15H13Cl2N3O2S. The fourth-order valence-electron chi connectivity index (χ4n) is 2.23. The summed E-state index contributed by atoms with van der Waals surface area (Å²) in [5.41, 5.74) is 1.65. The molecule has 0 radical (unpaired) electrons. The van der Waals surface area contributed by atoms with Crippen molar-refractivity contribution in [1.29, 1.82) is 0 Å². The highest BCUT2D eigenvalue weighted by Crippen LogP contribution is 2.25. The number of aromatic amines is 1. The molecule has 23 heavy (non-hydrogen) atoms. The van der Waals surface area contributed by atoms with E-state index in [4.69, 9.17) is 23.2 Å². The lowest BCUT2D eigenvalue weighted by Crippen LogP contribution is -2.27. The predicted octanol–water partition coefficient (Wildman–Crippen LogP) is 3.69. The first-order chi connectivity index (χ1) is 10.9. The first-order valence-electron chi connectivity index (χ1n) is 6.72. The molecule has 0 aliphatic rings. The Bertz CT molecular complexity index is 917. The number of nitrogens with zero attached hydrogens (tertiary/aromatic N) is 2. The van der Waals surface area contributed by atoms with E-state index in [-0.39, 0.29) is 21.5 Å². The Morgan fingerprint density at radius 2 is 1.78 bits per heavy atom. The van der Waals surface area contributed by atoms with Crippen LogP contribution in [0, 0.1) is 0 Å². The van der Waals surface area contributed by atoms with Gasteiger partial charge in [-0.15, -0.1) is 0 Å². The fraction of sp³-hybridized carbons (Fsp3) is 0.133. The highest BCUT2D eigenvalue weighted by Gasteiger charge is 2.23. The zero-order chi connectivity index (χ0) is 16.6. The van der Waals surface area contributed by atoms with Crippen LogP contribution in [0.4, 0.5) is 0 Å². The first-order valence-corrected chi connectivity index (χ1v) is 8.92. The van der Waals surface area contributed by atoms with Gasteiger partial charge in [-0.25, -0.2) is 13.4 Å². The number of sulfonamides is 1. The minimum absolute atomic E-state index is 0.0496. The Labute approximate surface area is 143 Å². The molecule has 0 spiro atoms. The van der Waals surface area contributed by atoms with Gasteiger partial charge in [-0.2, -0.15) is 4.31 Å². The lowest BCUT2D eigenvalue weighted by Gasteiger charge is -2.16. The molecule has 1 N–H and O–H groups in total. The van der Waals surface area contributed by atoms with Crippen LogP contribution in [0.15, 0.2) is 47.4 Å². The maximum Gasteiger partial charge on any atom is 0.243 e. The summed E-state index contributed by atoms with van der Waals surface area (Å²) >= 11 is 11.8. The lowest BCUT2D eigenvalue weighted by molar-refractivity contribution is 0.458. The highest BCUT2D eigenvalue weighted by molar-refractivity contribution is 7.89. The third-order valence-electron chi connectivity index (χ3n) is 3.36. The molecule has 3 aromatic rings. The third-order valence-corrected chi connectivity index (χ3v) is 5.57. The third kappa shape index (κ3) is 3.35. The van der Waals surface area contributed by atoms with Crippen LogP contribution in [-0.4, -0.2) is 29.7 Å². The number of benzene rings is 2. The van der Waals surface area contributed by atoms with E-state index in [0.717, 1.165) is 11.0 Å². The van der Waals surface area contributed by atoms with Gasteiger partial charge in [-0.05, 0) is 30.3 Å². The number of nitrogens with one attached hydrogen (secondary N) is 1. The zero-order valence-electron chi connectivity index (χ0n) is 12.1. The van der Waals surface area contributed by atoms with Gasteiger partial charge < -0.3 is 4.98 Å².